The molecule has 24 heavy (non-hydrogen) atoms. The van der Waals surface area contributed by atoms with Crippen LogP contribution in [0.25, 0.3) is 0 Å². The number of ether oxygens (including phenoxy) is 1. The Morgan fingerprint density at radius 2 is 1.79 bits per heavy atom. The van der Waals surface area contributed by atoms with Crippen molar-refractivity contribution in [2.75, 3.05) is 13.1 Å². The van der Waals surface area contributed by atoms with Crippen molar-refractivity contribution in [3.8, 4) is 5.75 Å². The standard InChI is InChI=1S/C20H25N3O/c1-16(2)14-23-20(21)22-13-12-17-8-10-19(11-9-17)24-15-18-6-4-3-5-7-18/h3-11H,1,12-15H2,2H3,(H3,21,22,23). The van der Waals surface area contributed by atoms with Crippen LogP contribution in [-0.4, -0.2) is 19.0 Å². The molecular formula is C20H25N3O. The molecule has 0 heterocycles. The number of aliphatic imine (C=N–C) groups is 1. The molecule has 0 atom stereocenters. The highest BCUT2D eigenvalue weighted by atomic mass is 16.5. The Morgan fingerprint density at radius 3 is 2.46 bits per heavy atom. The molecule has 0 aliphatic carbocycles. The molecule has 2 aromatic rings. The number of guanidine groups is 1. The van der Waals surface area contributed by atoms with E-state index in [2.05, 4.69) is 41.2 Å². The molecule has 0 saturated heterocycles. The lowest BCUT2D eigenvalue weighted by molar-refractivity contribution is 0.306. The smallest absolute Gasteiger partial charge is 0.188 e. The van der Waals surface area contributed by atoms with Gasteiger partial charge >= 0.3 is 0 Å². The largest absolute Gasteiger partial charge is 0.489 e. The fourth-order valence-corrected chi connectivity index (χ4v) is 2.10. The van der Waals surface area contributed by atoms with Crippen LogP contribution < -0.4 is 15.8 Å². The molecule has 0 aliphatic rings. The number of nitrogens with zero attached hydrogens (tertiary/aromatic N) is 1. The minimum absolute atomic E-state index is 0.459. The van der Waals surface area contributed by atoms with E-state index in [1.807, 2.05) is 37.3 Å². The fourth-order valence-electron chi connectivity index (χ4n) is 2.10. The Balaban J connectivity index is 1.74. The quantitative estimate of drug-likeness (QED) is 0.445. The van der Waals surface area contributed by atoms with Crippen LogP contribution in [0.5, 0.6) is 5.75 Å². The van der Waals surface area contributed by atoms with E-state index in [-0.39, 0.29) is 0 Å². The van der Waals surface area contributed by atoms with Crippen molar-refractivity contribution in [3.63, 3.8) is 0 Å². The van der Waals surface area contributed by atoms with E-state index >= 15 is 0 Å². The molecule has 2 rings (SSSR count). The second-order valence-corrected chi connectivity index (χ2v) is 5.75. The summed E-state index contributed by atoms with van der Waals surface area (Å²) < 4.78 is 5.78. The van der Waals surface area contributed by atoms with Gasteiger partial charge in [0.1, 0.15) is 12.4 Å². The second kappa shape index (κ2) is 9.40. The highest BCUT2D eigenvalue weighted by Gasteiger charge is 1.98. The van der Waals surface area contributed by atoms with Crippen molar-refractivity contribution < 1.29 is 4.74 Å². The predicted molar refractivity (Wildman–Crippen MR) is 100 cm³/mol. The maximum Gasteiger partial charge on any atom is 0.188 e. The third-order valence-corrected chi connectivity index (χ3v) is 3.41. The minimum atomic E-state index is 0.459. The van der Waals surface area contributed by atoms with Gasteiger partial charge in [0.25, 0.3) is 0 Å². The van der Waals surface area contributed by atoms with Gasteiger partial charge in [-0.15, -0.1) is 0 Å². The molecule has 3 N–H and O–H groups in total. The van der Waals surface area contributed by atoms with Gasteiger partial charge in [0.15, 0.2) is 5.96 Å². The number of benzene rings is 2. The molecule has 4 nitrogen and oxygen atoms in total. The van der Waals surface area contributed by atoms with E-state index in [9.17, 15) is 0 Å². The van der Waals surface area contributed by atoms with Gasteiger partial charge in [-0.2, -0.15) is 0 Å². The van der Waals surface area contributed by atoms with Gasteiger partial charge in [0.2, 0.25) is 0 Å². The van der Waals surface area contributed by atoms with Crippen molar-refractivity contribution in [1.82, 2.24) is 5.32 Å². The van der Waals surface area contributed by atoms with E-state index in [1.165, 1.54) is 5.56 Å². The number of hydrogen-bond acceptors (Lipinski definition) is 2. The Labute approximate surface area is 144 Å². The zero-order valence-electron chi connectivity index (χ0n) is 14.2. The lowest BCUT2D eigenvalue weighted by atomic mass is 10.1. The van der Waals surface area contributed by atoms with Gasteiger partial charge in [-0.1, -0.05) is 54.6 Å². The zero-order chi connectivity index (χ0) is 17.2. The summed E-state index contributed by atoms with van der Waals surface area (Å²) in [5, 5.41) is 3.10. The van der Waals surface area contributed by atoms with Crippen molar-refractivity contribution >= 4 is 5.96 Å². The van der Waals surface area contributed by atoms with Crippen molar-refractivity contribution in [3.05, 3.63) is 77.9 Å². The van der Waals surface area contributed by atoms with Gasteiger partial charge in [-0.3, -0.25) is 0 Å². The molecular weight excluding hydrogens is 298 g/mol. The van der Waals surface area contributed by atoms with Crippen LogP contribution in [0, 0.1) is 0 Å². The van der Waals surface area contributed by atoms with E-state index in [0.717, 1.165) is 29.9 Å². The normalized spacial score (nSPS) is 11.1. The van der Waals surface area contributed by atoms with Crippen LogP contribution in [0.2, 0.25) is 0 Å². The number of hydrogen-bond donors (Lipinski definition) is 2. The molecule has 0 aliphatic heterocycles. The topological polar surface area (TPSA) is 59.6 Å². The first kappa shape index (κ1) is 17.6. The van der Waals surface area contributed by atoms with Gasteiger partial charge in [0.05, 0.1) is 6.54 Å². The van der Waals surface area contributed by atoms with Crippen LogP contribution >= 0.6 is 0 Å². The third-order valence-electron chi connectivity index (χ3n) is 3.41. The van der Waals surface area contributed by atoms with Gasteiger partial charge in [0, 0.05) is 6.54 Å². The van der Waals surface area contributed by atoms with E-state index in [0.29, 0.717) is 19.1 Å². The SMILES string of the molecule is C=C(C)CN=C(N)NCCc1ccc(OCc2ccccc2)cc1. The lowest BCUT2D eigenvalue weighted by Gasteiger charge is -2.08. The maximum atomic E-state index is 5.78. The highest BCUT2D eigenvalue weighted by molar-refractivity contribution is 5.77. The van der Waals surface area contributed by atoms with Crippen LogP contribution in [0.1, 0.15) is 18.1 Å². The summed E-state index contributed by atoms with van der Waals surface area (Å²) in [7, 11) is 0. The Hall–Kier alpha value is -2.75. The summed E-state index contributed by atoms with van der Waals surface area (Å²) in [5.41, 5.74) is 9.16. The van der Waals surface area contributed by atoms with Crippen LogP contribution in [0.3, 0.4) is 0 Å². The number of nitrogens with one attached hydrogen (secondary N) is 1. The average Bonchev–Trinajstić information content (AvgIpc) is 2.60. The van der Waals surface area contributed by atoms with Crippen molar-refractivity contribution in [1.29, 1.82) is 0 Å². The van der Waals surface area contributed by atoms with Crippen LogP contribution in [-0.2, 0) is 13.0 Å². The molecule has 0 bridgehead atoms. The Bertz CT molecular complexity index is 663. The van der Waals surface area contributed by atoms with E-state index in [1.54, 1.807) is 0 Å². The van der Waals surface area contributed by atoms with E-state index < -0.39 is 0 Å². The monoisotopic (exact) mass is 323 g/mol. The highest BCUT2D eigenvalue weighted by Crippen LogP contribution is 2.14. The molecule has 2 aromatic carbocycles. The summed E-state index contributed by atoms with van der Waals surface area (Å²) >= 11 is 0. The van der Waals surface area contributed by atoms with Gasteiger partial charge < -0.3 is 15.8 Å². The molecule has 126 valence electrons. The summed E-state index contributed by atoms with van der Waals surface area (Å²) in [5.74, 6) is 1.33. The summed E-state index contributed by atoms with van der Waals surface area (Å²) in [6.45, 7) is 7.61. The molecule has 0 spiro atoms. The van der Waals surface area contributed by atoms with Crippen molar-refractivity contribution in [2.24, 2.45) is 10.7 Å². The Morgan fingerprint density at radius 1 is 1.08 bits per heavy atom. The van der Waals surface area contributed by atoms with Gasteiger partial charge in [-0.05, 0) is 36.6 Å². The van der Waals surface area contributed by atoms with Crippen LogP contribution in [0.4, 0.5) is 0 Å². The third kappa shape index (κ3) is 6.57. The van der Waals surface area contributed by atoms with Gasteiger partial charge in [-0.25, -0.2) is 4.99 Å². The molecule has 0 amide bonds. The summed E-state index contributed by atoms with van der Waals surface area (Å²) in [6, 6.07) is 18.3. The zero-order valence-corrected chi connectivity index (χ0v) is 14.2. The molecule has 0 aromatic heterocycles. The summed E-state index contributed by atoms with van der Waals surface area (Å²) in [6.07, 6.45) is 0.877. The first-order chi connectivity index (χ1) is 11.6. The first-order valence-corrected chi connectivity index (χ1v) is 8.07. The van der Waals surface area contributed by atoms with Crippen molar-refractivity contribution in [2.45, 2.75) is 20.0 Å². The minimum Gasteiger partial charge on any atom is -0.489 e. The molecule has 0 saturated carbocycles. The molecule has 0 unspecified atom stereocenters. The van der Waals surface area contributed by atoms with Crippen LogP contribution in [0.15, 0.2) is 71.7 Å². The summed E-state index contributed by atoms with van der Waals surface area (Å²) in [4.78, 5) is 4.19. The second-order valence-electron chi connectivity index (χ2n) is 5.75. The predicted octanol–water partition coefficient (Wildman–Crippen LogP) is 3.29. The van der Waals surface area contributed by atoms with E-state index in [4.69, 9.17) is 10.5 Å². The lowest BCUT2D eigenvalue weighted by Crippen LogP contribution is -2.33. The molecule has 0 radical (unpaired) electrons. The molecule has 4 heteroatoms. The maximum absolute atomic E-state index is 5.78. The fraction of sp³-hybridized carbons (Fsp3) is 0.250. The first-order valence-electron chi connectivity index (χ1n) is 8.07. The number of rotatable bonds is 8. The Kier molecular flexibility index (Phi) is 6.90. The average molecular weight is 323 g/mol. The molecule has 0 fully saturated rings. The number of nitrogens with two attached hydrogens (primary N) is 1.